The molecule has 1 rings (SSSR count). The Morgan fingerprint density at radius 1 is 1.58 bits per heavy atom. The molecule has 0 bridgehead atoms. The lowest BCUT2D eigenvalue weighted by Crippen LogP contribution is -2.41. The van der Waals surface area contributed by atoms with E-state index in [1.165, 1.54) is 0 Å². The van der Waals surface area contributed by atoms with Crippen LogP contribution in [0.2, 0.25) is 0 Å². The molecule has 3 N–H and O–H groups in total. The van der Waals surface area contributed by atoms with Crippen LogP contribution in [0.25, 0.3) is 0 Å². The largest absolute Gasteiger partial charge is 0.496 e. The fraction of sp³-hybridized carbons (Fsp3) is 0.462. The van der Waals surface area contributed by atoms with Crippen LogP contribution in [0, 0.1) is 0 Å². The molecule has 1 atom stereocenters. The first-order chi connectivity index (χ1) is 8.93. The Balaban J connectivity index is 2.56. The molecule has 0 heterocycles. The van der Waals surface area contributed by atoms with Crippen LogP contribution in [-0.2, 0) is 11.2 Å². The quantitative estimate of drug-likeness (QED) is 0.789. The number of nitrogens with zero attached hydrogens (tertiary/aromatic N) is 1. The Labute approximate surface area is 121 Å². The topological polar surface area (TPSA) is 75.8 Å². The number of ether oxygens (including phenoxy) is 1. The zero-order valence-corrected chi connectivity index (χ0v) is 12.7. The van der Waals surface area contributed by atoms with Crippen LogP contribution in [0.1, 0.15) is 5.56 Å². The molecule has 0 saturated heterocycles. The maximum atomic E-state index is 10.7. The smallest absolute Gasteiger partial charge is 0.321 e. The monoisotopic (exact) mass is 330 g/mol. The molecule has 19 heavy (non-hydrogen) atoms. The van der Waals surface area contributed by atoms with Crippen molar-refractivity contribution in [2.45, 2.75) is 12.5 Å². The van der Waals surface area contributed by atoms with Gasteiger partial charge in [0.1, 0.15) is 11.8 Å². The van der Waals surface area contributed by atoms with Gasteiger partial charge in [-0.15, -0.1) is 0 Å². The number of aliphatic carboxylic acids is 1. The molecular formula is C13H19BrN2O3. The van der Waals surface area contributed by atoms with Gasteiger partial charge in [0.05, 0.1) is 7.11 Å². The van der Waals surface area contributed by atoms with Gasteiger partial charge in [0, 0.05) is 17.6 Å². The van der Waals surface area contributed by atoms with Gasteiger partial charge in [-0.2, -0.15) is 0 Å². The molecular weight excluding hydrogens is 312 g/mol. The molecule has 6 heteroatoms. The number of hydrogen-bond donors (Lipinski definition) is 2. The molecule has 1 unspecified atom stereocenters. The van der Waals surface area contributed by atoms with Crippen LogP contribution in [-0.4, -0.2) is 49.3 Å². The van der Waals surface area contributed by atoms with E-state index >= 15 is 0 Å². The van der Waals surface area contributed by atoms with Crippen molar-refractivity contribution in [3.05, 3.63) is 28.2 Å². The van der Waals surface area contributed by atoms with Crippen molar-refractivity contribution < 1.29 is 14.6 Å². The summed E-state index contributed by atoms with van der Waals surface area (Å²) >= 11 is 3.43. The number of benzene rings is 1. The highest BCUT2D eigenvalue weighted by Crippen LogP contribution is 2.23. The number of carbonyl (C=O) groups is 1. The number of nitrogens with two attached hydrogens (primary N) is 1. The first-order valence-electron chi connectivity index (χ1n) is 5.93. The molecule has 0 aliphatic heterocycles. The zero-order valence-electron chi connectivity index (χ0n) is 11.1. The minimum absolute atomic E-state index is 0.325. The Bertz CT molecular complexity index is 440. The predicted molar refractivity (Wildman–Crippen MR) is 77.5 cm³/mol. The van der Waals surface area contributed by atoms with Gasteiger partial charge in [-0.05, 0) is 37.2 Å². The fourth-order valence-corrected chi connectivity index (χ4v) is 2.17. The average Bonchev–Trinajstić information content (AvgIpc) is 2.36. The summed E-state index contributed by atoms with van der Waals surface area (Å²) in [4.78, 5) is 12.6. The highest BCUT2D eigenvalue weighted by molar-refractivity contribution is 9.10. The lowest BCUT2D eigenvalue weighted by Gasteiger charge is -2.19. The van der Waals surface area contributed by atoms with Gasteiger partial charge in [0.25, 0.3) is 0 Å². The Morgan fingerprint density at radius 3 is 2.84 bits per heavy atom. The first-order valence-corrected chi connectivity index (χ1v) is 6.72. The Morgan fingerprint density at radius 2 is 2.26 bits per heavy atom. The van der Waals surface area contributed by atoms with Crippen molar-refractivity contribution in [3.8, 4) is 5.75 Å². The second-order valence-electron chi connectivity index (χ2n) is 4.41. The van der Waals surface area contributed by atoms with E-state index in [1.54, 1.807) is 7.11 Å². The first kappa shape index (κ1) is 15.9. The second-order valence-corrected chi connectivity index (χ2v) is 5.33. The van der Waals surface area contributed by atoms with E-state index in [0.29, 0.717) is 13.1 Å². The number of likely N-dealkylation sites (N-methyl/N-ethyl adjacent to an activating group) is 1. The number of rotatable bonds is 7. The molecule has 0 radical (unpaired) electrons. The number of halogens is 1. The summed E-state index contributed by atoms with van der Waals surface area (Å²) in [5, 5.41) is 8.76. The summed E-state index contributed by atoms with van der Waals surface area (Å²) in [6.07, 6.45) is 0.769. The van der Waals surface area contributed by atoms with E-state index < -0.39 is 12.0 Å². The molecule has 1 aromatic rings. The maximum Gasteiger partial charge on any atom is 0.321 e. The second kappa shape index (κ2) is 7.47. The summed E-state index contributed by atoms with van der Waals surface area (Å²) in [5.74, 6) is -0.147. The predicted octanol–water partition coefficient (Wildman–Crippen LogP) is 1.34. The minimum atomic E-state index is -0.980. The maximum absolute atomic E-state index is 10.7. The third-order valence-electron chi connectivity index (χ3n) is 2.83. The number of carboxylic acids is 1. The summed E-state index contributed by atoms with van der Waals surface area (Å²) in [5.41, 5.74) is 6.57. The van der Waals surface area contributed by atoms with Crippen molar-refractivity contribution in [1.29, 1.82) is 0 Å². The van der Waals surface area contributed by atoms with Crippen LogP contribution in [0.4, 0.5) is 0 Å². The lowest BCUT2D eigenvalue weighted by atomic mass is 10.1. The van der Waals surface area contributed by atoms with E-state index in [0.717, 1.165) is 22.2 Å². The summed E-state index contributed by atoms with van der Waals surface area (Å²) < 4.78 is 6.29. The van der Waals surface area contributed by atoms with E-state index in [1.807, 2.05) is 30.1 Å². The van der Waals surface area contributed by atoms with Crippen molar-refractivity contribution in [1.82, 2.24) is 4.90 Å². The molecule has 0 saturated carbocycles. The molecule has 0 amide bonds. The molecule has 0 fully saturated rings. The number of methoxy groups -OCH3 is 1. The molecule has 0 aliphatic carbocycles. The van der Waals surface area contributed by atoms with Gasteiger partial charge < -0.3 is 20.5 Å². The SMILES string of the molecule is COc1ccc(Br)cc1CCN(C)CC(N)C(=O)O. The van der Waals surface area contributed by atoms with Gasteiger partial charge >= 0.3 is 5.97 Å². The molecule has 106 valence electrons. The van der Waals surface area contributed by atoms with Gasteiger partial charge in [-0.25, -0.2) is 0 Å². The van der Waals surface area contributed by atoms with Gasteiger partial charge in [-0.3, -0.25) is 4.79 Å². The molecule has 0 spiro atoms. The van der Waals surface area contributed by atoms with Gasteiger partial charge in [0.2, 0.25) is 0 Å². The molecule has 0 aliphatic rings. The van der Waals surface area contributed by atoms with Gasteiger partial charge in [-0.1, -0.05) is 15.9 Å². The minimum Gasteiger partial charge on any atom is -0.496 e. The molecule has 5 nitrogen and oxygen atoms in total. The number of carboxylic acid groups (broad SMARTS) is 1. The lowest BCUT2D eigenvalue weighted by molar-refractivity contribution is -0.138. The van der Waals surface area contributed by atoms with E-state index in [4.69, 9.17) is 15.6 Å². The van der Waals surface area contributed by atoms with Crippen LogP contribution < -0.4 is 10.5 Å². The Hall–Kier alpha value is -1.11. The third kappa shape index (κ3) is 5.18. The van der Waals surface area contributed by atoms with E-state index in [-0.39, 0.29) is 0 Å². The molecule has 0 aromatic heterocycles. The number of hydrogen-bond acceptors (Lipinski definition) is 4. The standard InChI is InChI=1S/C13H19BrN2O3/c1-16(8-11(15)13(17)18)6-5-9-7-10(14)3-4-12(9)19-2/h3-4,7,11H,5-6,8,15H2,1-2H3,(H,17,18). The van der Waals surface area contributed by atoms with Crippen LogP contribution in [0.3, 0.4) is 0 Å². The highest BCUT2D eigenvalue weighted by atomic mass is 79.9. The third-order valence-corrected chi connectivity index (χ3v) is 3.32. The Kier molecular flexibility index (Phi) is 6.27. The van der Waals surface area contributed by atoms with Crippen molar-refractivity contribution in [2.24, 2.45) is 5.73 Å². The van der Waals surface area contributed by atoms with Gasteiger partial charge in [0.15, 0.2) is 0 Å². The zero-order chi connectivity index (χ0) is 14.4. The van der Waals surface area contributed by atoms with Crippen LogP contribution in [0.15, 0.2) is 22.7 Å². The molecule has 1 aromatic carbocycles. The van der Waals surface area contributed by atoms with Crippen molar-refractivity contribution in [2.75, 3.05) is 27.2 Å². The average molecular weight is 331 g/mol. The van der Waals surface area contributed by atoms with E-state index in [2.05, 4.69) is 15.9 Å². The summed E-state index contributed by atoms with van der Waals surface area (Å²) in [6.45, 7) is 1.04. The van der Waals surface area contributed by atoms with Crippen molar-refractivity contribution in [3.63, 3.8) is 0 Å². The fourth-order valence-electron chi connectivity index (χ4n) is 1.76. The van der Waals surface area contributed by atoms with E-state index in [9.17, 15) is 4.79 Å². The van der Waals surface area contributed by atoms with Crippen LogP contribution >= 0.6 is 15.9 Å². The van der Waals surface area contributed by atoms with Crippen molar-refractivity contribution >= 4 is 21.9 Å². The summed E-state index contributed by atoms with van der Waals surface area (Å²) in [6, 6.07) is 4.98. The summed E-state index contributed by atoms with van der Waals surface area (Å²) in [7, 11) is 3.49. The van der Waals surface area contributed by atoms with Crippen LogP contribution in [0.5, 0.6) is 5.75 Å². The highest BCUT2D eigenvalue weighted by Gasteiger charge is 2.14. The normalized spacial score (nSPS) is 12.5.